The van der Waals surface area contributed by atoms with Gasteiger partial charge < -0.3 is 9.45 Å². The molecule has 5 nitrogen and oxygen atoms in total. The van der Waals surface area contributed by atoms with Crippen LogP contribution in [0.1, 0.15) is 23.2 Å². The van der Waals surface area contributed by atoms with Crippen LogP contribution < -0.4 is 4.90 Å². The van der Waals surface area contributed by atoms with Crippen molar-refractivity contribution in [2.75, 3.05) is 17.2 Å². The predicted molar refractivity (Wildman–Crippen MR) is 79.4 cm³/mol. The summed E-state index contributed by atoms with van der Waals surface area (Å²) in [5, 5.41) is 1.96. The average Bonchev–Trinajstić information content (AvgIpc) is 2.70. The first kappa shape index (κ1) is 14.0. The van der Waals surface area contributed by atoms with Crippen molar-refractivity contribution >= 4 is 32.5 Å². The molecule has 0 radical (unpaired) electrons. The minimum atomic E-state index is -4.18. The number of rotatable bonds is 5. The maximum atomic E-state index is 12.4. The molecule has 0 aromatic heterocycles. The van der Waals surface area contributed by atoms with E-state index in [2.05, 4.69) is 0 Å². The van der Waals surface area contributed by atoms with Crippen LogP contribution in [0.3, 0.4) is 0 Å². The quantitative estimate of drug-likeness (QED) is 0.626. The van der Waals surface area contributed by atoms with E-state index >= 15 is 0 Å². The fourth-order valence-corrected chi connectivity index (χ4v) is 3.31. The molecule has 1 aliphatic rings. The van der Waals surface area contributed by atoms with Crippen LogP contribution in [0.5, 0.6) is 0 Å². The number of carbonyl (C=O) groups is 1. The maximum Gasteiger partial charge on any atom is 0.258 e. The molecule has 6 heteroatoms. The van der Waals surface area contributed by atoms with Gasteiger partial charge in [0.2, 0.25) is 0 Å². The van der Waals surface area contributed by atoms with E-state index in [1.165, 1.54) is 0 Å². The van der Waals surface area contributed by atoms with Gasteiger partial charge in [0.15, 0.2) is 0 Å². The molecule has 0 bridgehead atoms. The first-order chi connectivity index (χ1) is 9.97. The van der Waals surface area contributed by atoms with Crippen molar-refractivity contribution in [1.82, 2.24) is 0 Å². The highest BCUT2D eigenvalue weighted by Crippen LogP contribution is 2.37. The Morgan fingerprint density at radius 2 is 1.76 bits per heavy atom. The molecule has 0 saturated carbocycles. The van der Waals surface area contributed by atoms with Crippen molar-refractivity contribution in [3.63, 3.8) is 0 Å². The highest BCUT2D eigenvalue weighted by Gasteiger charge is 2.28. The van der Waals surface area contributed by atoms with Gasteiger partial charge in [0.25, 0.3) is 5.91 Å². The Balaban J connectivity index is 1.80. The number of amides is 1. The van der Waals surface area contributed by atoms with Gasteiger partial charge in [0.05, 0.1) is 15.8 Å². The van der Waals surface area contributed by atoms with E-state index in [-0.39, 0.29) is 18.1 Å². The van der Waals surface area contributed by atoms with Crippen LogP contribution in [0.2, 0.25) is 0 Å². The molecule has 0 saturated heterocycles. The number of carbonyl (C=O) groups excluding carboxylic acids is 1. The molecule has 2 aromatic rings. The van der Waals surface area contributed by atoms with Crippen LogP contribution in [0.25, 0.3) is 10.8 Å². The predicted octanol–water partition coefficient (Wildman–Crippen LogP) is 2.13. The molecule has 0 unspecified atom stereocenters. The van der Waals surface area contributed by atoms with Crippen molar-refractivity contribution in [2.24, 2.45) is 0 Å². The molecule has 0 aliphatic carbocycles. The number of nitrogens with zero attached hydrogens (tertiary/aromatic N) is 1. The van der Waals surface area contributed by atoms with Gasteiger partial charge in [-0.3, -0.25) is 4.79 Å². The Hall–Kier alpha value is -1.92. The lowest BCUT2D eigenvalue weighted by atomic mass is 10.1. The second-order valence-corrected chi connectivity index (χ2v) is 6.63. The van der Waals surface area contributed by atoms with E-state index in [0.29, 0.717) is 18.5 Å². The Bertz CT molecular complexity index is 808. The second-order valence-electron chi connectivity index (χ2n) is 5.11. The van der Waals surface area contributed by atoms with Gasteiger partial charge >= 0.3 is 0 Å². The molecule has 1 aliphatic heterocycles. The standard InChI is InChI=1S/C15H15NO4S/c17-15-12-7-3-5-11-6-4-8-13(14(11)12)16(15)9-1-2-10-21(18,19)20/h3-8H,1-2,9-10H2,(H,18,19,20)/p-1. The molecule has 110 valence electrons. The third kappa shape index (κ3) is 2.64. The first-order valence-electron chi connectivity index (χ1n) is 6.74. The normalized spacial score (nSPS) is 14.1. The third-order valence-corrected chi connectivity index (χ3v) is 4.46. The van der Waals surface area contributed by atoms with E-state index in [1.54, 1.807) is 11.0 Å². The van der Waals surface area contributed by atoms with Crippen LogP contribution >= 0.6 is 0 Å². The number of anilines is 1. The third-order valence-electron chi connectivity index (χ3n) is 3.68. The van der Waals surface area contributed by atoms with E-state index in [0.717, 1.165) is 16.5 Å². The van der Waals surface area contributed by atoms with E-state index < -0.39 is 10.1 Å². The molecule has 21 heavy (non-hydrogen) atoms. The van der Waals surface area contributed by atoms with Gasteiger partial charge in [-0.2, -0.15) is 0 Å². The summed E-state index contributed by atoms with van der Waals surface area (Å²) in [7, 11) is -4.18. The summed E-state index contributed by atoms with van der Waals surface area (Å²) in [6.07, 6.45) is 0.750. The van der Waals surface area contributed by atoms with E-state index in [4.69, 9.17) is 0 Å². The number of hydrogen-bond acceptors (Lipinski definition) is 4. The van der Waals surface area contributed by atoms with Crippen LogP contribution in [0.15, 0.2) is 36.4 Å². The van der Waals surface area contributed by atoms with Crippen molar-refractivity contribution < 1.29 is 17.8 Å². The van der Waals surface area contributed by atoms with Crippen molar-refractivity contribution in [3.05, 3.63) is 42.0 Å². The monoisotopic (exact) mass is 304 g/mol. The fraction of sp³-hybridized carbons (Fsp3) is 0.267. The summed E-state index contributed by atoms with van der Waals surface area (Å²) in [6, 6.07) is 11.4. The molecule has 1 amide bonds. The SMILES string of the molecule is O=C1c2cccc3cccc(c23)N1CCCCS(=O)(=O)[O-]. The molecule has 3 rings (SSSR count). The van der Waals surface area contributed by atoms with Crippen molar-refractivity contribution in [3.8, 4) is 0 Å². The maximum absolute atomic E-state index is 12.4. The Morgan fingerprint density at radius 3 is 2.48 bits per heavy atom. The van der Waals surface area contributed by atoms with Crippen LogP contribution in [-0.2, 0) is 10.1 Å². The van der Waals surface area contributed by atoms with Gasteiger partial charge in [-0.1, -0.05) is 24.3 Å². The smallest absolute Gasteiger partial charge is 0.258 e. The van der Waals surface area contributed by atoms with Gasteiger partial charge in [0.1, 0.15) is 0 Å². The Kier molecular flexibility index (Phi) is 3.43. The first-order valence-corrected chi connectivity index (χ1v) is 8.32. The highest BCUT2D eigenvalue weighted by molar-refractivity contribution is 7.85. The zero-order valence-corrected chi connectivity index (χ0v) is 12.1. The highest BCUT2D eigenvalue weighted by atomic mass is 32.2. The minimum Gasteiger partial charge on any atom is -0.748 e. The lowest BCUT2D eigenvalue weighted by Gasteiger charge is -2.17. The summed E-state index contributed by atoms with van der Waals surface area (Å²) in [5.41, 5.74) is 1.54. The molecule has 0 N–H and O–H groups in total. The van der Waals surface area contributed by atoms with Crippen LogP contribution in [0.4, 0.5) is 5.69 Å². The van der Waals surface area contributed by atoms with E-state index in [9.17, 15) is 17.8 Å². The second kappa shape index (κ2) is 5.13. The largest absolute Gasteiger partial charge is 0.748 e. The molecule has 0 atom stereocenters. The zero-order valence-electron chi connectivity index (χ0n) is 11.3. The van der Waals surface area contributed by atoms with Crippen molar-refractivity contribution in [2.45, 2.75) is 12.8 Å². The van der Waals surface area contributed by atoms with Gasteiger partial charge in [-0.25, -0.2) is 8.42 Å². The lowest BCUT2D eigenvalue weighted by Crippen LogP contribution is -2.28. The average molecular weight is 304 g/mol. The van der Waals surface area contributed by atoms with Gasteiger partial charge in [0, 0.05) is 23.2 Å². The summed E-state index contributed by atoms with van der Waals surface area (Å²) in [6.45, 7) is 0.419. The van der Waals surface area contributed by atoms with Crippen molar-refractivity contribution in [1.29, 1.82) is 0 Å². The number of benzene rings is 2. The molecule has 0 spiro atoms. The summed E-state index contributed by atoms with van der Waals surface area (Å²) in [5.74, 6) is -0.446. The van der Waals surface area contributed by atoms with Crippen LogP contribution in [-0.4, -0.2) is 31.2 Å². The molecule has 1 heterocycles. The minimum absolute atomic E-state index is 0.0632. The van der Waals surface area contributed by atoms with E-state index in [1.807, 2.05) is 30.3 Å². The van der Waals surface area contributed by atoms with Gasteiger partial charge in [-0.15, -0.1) is 0 Å². The van der Waals surface area contributed by atoms with Crippen LogP contribution in [0, 0.1) is 0 Å². The lowest BCUT2D eigenvalue weighted by molar-refractivity contribution is 0.0993. The number of unbranched alkanes of at least 4 members (excludes halogenated alkanes) is 1. The zero-order chi connectivity index (χ0) is 15.0. The Morgan fingerprint density at radius 1 is 1.05 bits per heavy atom. The molecular formula is C15H14NO4S-. The summed E-state index contributed by atoms with van der Waals surface area (Å²) in [4.78, 5) is 14.1. The Labute approximate surface area is 122 Å². The van der Waals surface area contributed by atoms with Gasteiger partial charge in [-0.05, 0) is 30.4 Å². The topological polar surface area (TPSA) is 77.5 Å². The summed E-state index contributed by atoms with van der Waals surface area (Å²) < 4.78 is 31.8. The summed E-state index contributed by atoms with van der Waals surface area (Å²) >= 11 is 0. The molecule has 2 aromatic carbocycles. The molecule has 0 fully saturated rings. The molecular weight excluding hydrogens is 290 g/mol. The number of hydrogen-bond donors (Lipinski definition) is 0. The fourth-order valence-electron chi connectivity index (χ4n) is 2.75.